The minimum absolute atomic E-state index is 0.151. The van der Waals surface area contributed by atoms with Crippen LogP contribution < -0.4 is 0 Å². The van der Waals surface area contributed by atoms with Gasteiger partial charge in [0.25, 0.3) is 5.91 Å². The largest absolute Gasteiger partial charge is 0.333 e. The van der Waals surface area contributed by atoms with Crippen LogP contribution in [0.2, 0.25) is 0 Å². The van der Waals surface area contributed by atoms with E-state index in [0.29, 0.717) is 26.2 Å². The van der Waals surface area contributed by atoms with E-state index in [9.17, 15) is 13.6 Å². The molecule has 0 atom stereocenters. The van der Waals surface area contributed by atoms with Gasteiger partial charge in [-0.1, -0.05) is 24.3 Å². The Balaban J connectivity index is 1.54. The molecule has 1 aliphatic heterocycles. The molecule has 0 radical (unpaired) electrons. The third kappa shape index (κ3) is 4.30. The Morgan fingerprint density at radius 2 is 1.28 bits per heavy atom. The molecule has 1 saturated heterocycles. The number of halogens is 2. The Morgan fingerprint density at radius 3 is 1.76 bits per heavy atom. The molecule has 2 heterocycles. The summed E-state index contributed by atoms with van der Waals surface area (Å²) in [4.78, 5) is 24.6. The standard InChI is InChI=1S/C22H20F2N4O/c23-18-6-2-16(3-7-18)20(17-4-8-19(24)9-5-17)27-12-14-28(15-13-27)22(29)21-25-10-1-11-26-21/h1-11,20H,12-15H2. The van der Waals surface area contributed by atoms with Crippen molar-refractivity contribution in [3.05, 3.63) is 95.6 Å². The normalized spacial score (nSPS) is 14.9. The molecule has 29 heavy (non-hydrogen) atoms. The number of aromatic nitrogens is 2. The molecule has 1 aliphatic rings. The molecule has 0 saturated carbocycles. The Bertz CT molecular complexity index is 911. The van der Waals surface area contributed by atoms with Gasteiger partial charge in [0.1, 0.15) is 11.6 Å². The quantitative estimate of drug-likeness (QED) is 0.681. The van der Waals surface area contributed by atoms with Crippen LogP contribution >= 0.6 is 0 Å². The molecule has 0 aliphatic carbocycles. The summed E-state index contributed by atoms with van der Waals surface area (Å²) in [5.41, 5.74) is 1.84. The lowest BCUT2D eigenvalue weighted by Crippen LogP contribution is -2.50. The molecule has 1 amide bonds. The number of hydrogen-bond donors (Lipinski definition) is 0. The van der Waals surface area contributed by atoms with Crippen molar-refractivity contribution in [3.8, 4) is 0 Å². The van der Waals surface area contributed by atoms with E-state index in [1.165, 1.54) is 24.3 Å². The Morgan fingerprint density at radius 1 is 0.793 bits per heavy atom. The number of piperazine rings is 1. The van der Waals surface area contributed by atoms with Crippen molar-refractivity contribution in [3.63, 3.8) is 0 Å². The minimum atomic E-state index is -0.301. The third-order valence-corrected chi connectivity index (χ3v) is 5.10. The molecule has 148 valence electrons. The summed E-state index contributed by atoms with van der Waals surface area (Å²) in [5, 5.41) is 0. The van der Waals surface area contributed by atoms with Crippen molar-refractivity contribution in [1.29, 1.82) is 0 Å². The molecule has 2 aromatic carbocycles. The number of rotatable bonds is 4. The zero-order valence-corrected chi connectivity index (χ0v) is 15.7. The predicted molar refractivity (Wildman–Crippen MR) is 104 cm³/mol. The van der Waals surface area contributed by atoms with Crippen LogP contribution in [0, 0.1) is 11.6 Å². The molecule has 0 N–H and O–H groups in total. The third-order valence-electron chi connectivity index (χ3n) is 5.10. The first kappa shape index (κ1) is 19.1. The maximum atomic E-state index is 13.4. The van der Waals surface area contributed by atoms with Gasteiger partial charge in [0.15, 0.2) is 0 Å². The molecule has 3 aromatic rings. The van der Waals surface area contributed by atoms with Gasteiger partial charge in [0, 0.05) is 38.6 Å². The highest BCUT2D eigenvalue weighted by molar-refractivity contribution is 5.90. The van der Waals surface area contributed by atoms with E-state index in [1.807, 2.05) is 0 Å². The zero-order chi connectivity index (χ0) is 20.2. The molecule has 0 bridgehead atoms. The molecule has 0 unspecified atom stereocenters. The fourth-order valence-corrected chi connectivity index (χ4v) is 3.64. The number of nitrogens with zero attached hydrogens (tertiary/aromatic N) is 4. The highest BCUT2D eigenvalue weighted by Crippen LogP contribution is 2.30. The molecule has 5 nitrogen and oxygen atoms in total. The van der Waals surface area contributed by atoms with Crippen LogP contribution in [0.25, 0.3) is 0 Å². The number of benzene rings is 2. The van der Waals surface area contributed by atoms with Crippen molar-refractivity contribution in [1.82, 2.24) is 19.8 Å². The second-order valence-electron chi connectivity index (χ2n) is 6.91. The van der Waals surface area contributed by atoms with Crippen molar-refractivity contribution in [2.75, 3.05) is 26.2 Å². The second kappa shape index (κ2) is 8.45. The summed E-state index contributed by atoms with van der Waals surface area (Å²) in [6.07, 6.45) is 3.10. The highest BCUT2D eigenvalue weighted by Gasteiger charge is 2.29. The van der Waals surface area contributed by atoms with Crippen LogP contribution in [-0.2, 0) is 0 Å². The Labute approximate surface area is 167 Å². The van der Waals surface area contributed by atoms with E-state index in [-0.39, 0.29) is 29.4 Å². The summed E-state index contributed by atoms with van der Waals surface area (Å²) >= 11 is 0. The number of hydrogen-bond acceptors (Lipinski definition) is 4. The predicted octanol–water partition coefficient (Wildman–Crippen LogP) is 3.30. The van der Waals surface area contributed by atoms with E-state index >= 15 is 0 Å². The Hall–Kier alpha value is -3.19. The number of amides is 1. The lowest BCUT2D eigenvalue weighted by Gasteiger charge is -2.39. The molecular formula is C22H20F2N4O. The molecule has 1 aromatic heterocycles. The van der Waals surface area contributed by atoms with Gasteiger partial charge < -0.3 is 4.90 Å². The van der Waals surface area contributed by atoms with Crippen LogP contribution in [0.3, 0.4) is 0 Å². The highest BCUT2D eigenvalue weighted by atomic mass is 19.1. The summed E-state index contributed by atoms with van der Waals surface area (Å²) in [6.45, 7) is 2.29. The zero-order valence-electron chi connectivity index (χ0n) is 15.7. The lowest BCUT2D eigenvalue weighted by molar-refractivity contribution is 0.0585. The molecular weight excluding hydrogens is 374 g/mol. The average molecular weight is 394 g/mol. The van der Waals surface area contributed by atoms with Crippen LogP contribution in [0.5, 0.6) is 0 Å². The van der Waals surface area contributed by atoms with E-state index in [1.54, 1.807) is 47.6 Å². The molecule has 4 rings (SSSR count). The summed E-state index contributed by atoms with van der Waals surface area (Å²) in [6, 6.07) is 14.2. The fourth-order valence-electron chi connectivity index (χ4n) is 3.64. The minimum Gasteiger partial charge on any atom is -0.333 e. The van der Waals surface area contributed by atoms with Gasteiger partial charge in [0.2, 0.25) is 5.82 Å². The average Bonchev–Trinajstić information content (AvgIpc) is 2.77. The van der Waals surface area contributed by atoms with Crippen molar-refractivity contribution >= 4 is 5.91 Å². The first-order valence-electron chi connectivity index (χ1n) is 9.43. The Kier molecular flexibility index (Phi) is 5.57. The van der Waals surface area contributed by atoms with Crippen molar-refractivity contribution < 1.29 is 13.6 Å². The van der Waals surface area contributed by atoms with E-state index < -0.39 is 0 Å². The van der Waals surface area contributed by atoms with Gasteiger partial charge in [-0.25, -0.2) is 18.7 Å². The molecule has 7 heteroatoms. The fraction of sp³-hybridized carbons (Fsp3) is 0.227. The van der Waals surface area contributed by atoms with Gasteiger partial charge in [-0.2, -0.15) is 0 Å². The summed E-state index contributed by atoms with van der Waals surface area (Å²) in [7, 11) is 0. The first-order valence-corrected chi connectivity index (χ1v) is 9.43. The topological polar surface area (TPSA) is 49.3 Å². The van der Waals surface area contributed by atoms with Gasteiger partial charge in [-0.05, 0) is 41.5 Å². The number of carbonyl (C=O) groups is 1. The second-order valence-corrected chi connectivity index (χ2v) is 6.91. The summed E-state index contributed by atoms with van der Waals surface area (Å²) < 4.78 is 26.9. The first-order chi connectivity index (χ1) is 14.1. The SMILES string of the molecule is O=C(c1ncccn1)N1CCN(C(c2ccc(F)cc2)c2ccc(F)cc2)CC1. The molecule has 0 spiro atoms. The van der Waals surface area contributed by atoms with Crippen LogP contribution in [0.4, 0.5) is 8.78 Å². The van der Waals surface area contributed by atoms with Crippen molar-refractivity contribution in [2.45, 2.75) is 6.04 Å². The van der Waals surface area contributed by atoms with Gasteiger partial charge >= 0.3 is 0 Å². The monoisotopic (exact) mass is 394 g/mol. The van der Waals surface area contributed by atoms with Crippen molar-refractivity contribution in [2.24, 2.45) is 0 Å². The molecule has 1 fully saturated rings. The lowest BCUT2D eigenvalue weighted by atomic mass is 9.96. The maximum Gasteiger partial charge on any atom is 0.291 e. The van der Waals surface area contributed by atoms with Gasteiger partial charge in [-0.3, -0.25) is 9.69 Å². The van der Waals surface area contributed by atoms with Gasteiger partial charge in [-0.15, -0.1) is 0 Å². The van der Waals surface area contributed by atoms with Crippen LogP contribution in [-0.4, -0.2) is 51.9 Å². The smallest absolute Gasteiger partial charge is 0.291 e. The maximum absolute atomic E-state index is 13.4. The van der Waals surface area contributed by atoms with Crippen LogP contribution in [0.15, 0.2) is 67.0 Å². The van der Waals surface area contributed by atoms with Gasteiger partial charge in [0.05, 0.1) is 6.04 Å². The van der Waals surface area contributed by atoms with E-state index in [0.717, 1.165) is 11.1 Å². The van der Waals surface area contributed by atoms with Crippen LogP contribution in [0.1, 0.15) is 27.8 Å². The van der Waals surface area contributed by atoms with E-state index in [2.05, 4.69) is 14.9 Å². The van der Waals surface area contributed by atoms with E-state index in [4.69, 9.17) is 0 Å². The summed E-state index contributed by atoms with van der Waals surface area (Å²) in [5.74, 6) is -0.602. The number of carbonyl (C=O) groups excluding carboxylic acids is 1.